The maximum Gasteiger partial charge on any atom is 0.159 e. The molecule has 3 N–H and O–H groups in total. The molecule has 2 fully saturated rings. The van der Waals surface area contributed by atoms with Crippen molar-refractivity contribution in [1.82, 2.24) is 35.5 Å². The van der Waals surface area contributed by atoms with Crippen molar-refractivity contribution in [2.75, 3.05) is 31.1 Å². The lowest BCUT2D eigenvalue weighted by Crippen LogP contribution is -2.34. The van der Waals surface area contributed by atoms with Gasteiger partial charge in [-0.3, -0.25) is 10.1 Å². The fourth-order valence-electron chi connectivity index (χ4n) is 5.49. The number of nitrogens with zero attached hydrogens (tertiary/aromatic N) is 5. The molecule has 2 saturated heterocycles. The Bertz CT molecular complexity index is 1540. The second kappa shape index (κ2) is 9.48. The molecular weight excluding hydrogens is 464 g/mol. The molecule has 0 saturated carbocycles. The van der Waals surface area contributed by atoms with E-state index in [0.29, 0.717) is 0 Å². The van der Waals surface area contributed by atoms with Gasteiger partial charge < -0.3 is 19.9 Å². The first-order chi connectivity index (χ1) is 18.3. The molecule has 188 valence electrons. The third-order valence-corrected chi connectivity index (χ3v) is 7.46. The summed E-state index contributed by atoms with van der Waals surface area (Å²) < 4.78 is 6.23. The molecule has 2 aliphatic rings. The summed E-state index contributed by atoms with van der Waals surface area (Å²) in [7, 11) is 0. The molecule has 0 amide bonds. The molecule has 2 aliphatic heterocycles. The lowest BCUT2D eigenvalue weighted by atomic mass is 10.0. The van der Waals surface area contributed by atoms with Crippen molar-refractivity contribution in [3.63, 3.8) is 0 Å². The van der Waals surface area contributed by atoms with Crippen LogP contribution in [-0.2, 0) is 0 Å². The van der Waals surface area contributed by atoms with Gasteiger partial charge in [-0.2, -0.15) is 5.10 Å². The van der Waals surface area contributed by atoms with E-state index in [1.807, 2.05) is 18.5 Å². The van der Waals surface area contributed by atoms with Crippen LogP contribution in [0.1, 0.15) is 32.1 Å². The third kappa shape index (κ3) is 4.29. The summed E-state index contributed by atoms with van der Waals surface area (Å²) in [6, 6.07) is 10.4. The van der Waals surface area contributed by atoms with Crippen molar-refractivity contribution in [2.45, 2.75) is 38.2 Å². The fourth-order valence-corrected chi connectivity index (χ4v) is 5.49. The number of aromatic nitrogens is 6. The highest BCUT2D eigenvalue weighted by Gasteiger charge is 2.20. The largest absolute Gasteiger partial charge is 0.489 e. The number of pyridine rings is 2. The van der Waals surface area contributed by atoms with Gasteiger partial charge in [-0.1, -0.05) is 6.07 Å². The Morgan fingerprint density at radius 1 is 0.919 bits per heavy atom. The predicted molar refractivity (Wildman–Crippen MR) is 145 cm³/mol. The number of aromatic amines is 2. The lowest BCUT2D eigenvalue weighted by molar-refractivity contribution is 0.162. The molecule has 9 nitrogen and oxygen atoms in total. The van der Waals surface area contributed by atoms with E-state index in [2.05, 4.69) is 59.6 Å². The summed E-state index contributed by atoms with van der Waals surface area (Å²) in [6.45, 7) is 4.04. The van der Waals surface area contributed by atoms with Crippen LogP contribution in [0.15, 0.2) is 48.9 Å². The Balaban J connectivity index is 1.23. The molecular formula is C28H30N8O. The Kier molecular flexibility index (Phi) is 5.70. The van der Waals surface area contributed by atoms with Crippen LogP contribution in [0, 0.1) is 0 Å². The van der Waals surface area contributed by atoms with Gasteiger partial charge in [0.2, 0.25) is 0 Å². The van der Waals surface area contributed by atoms with Crippen LogP contribution in [0.25, 0.3) is 44.6 Å². The van der Waals surface area contributed by atoms with E-state index in [1.165, 1.54) is 19.3 Å². The average molecular weight is 495 g/mol. The number of fused-ring (bicyclic) bond motifs is 2. The van der Waals surface area contributed by atoms with E-state index in [4.69, 9.17) is 9.72 Å². The maximum absolute atomic E-state index is 6.23. The SMILES string of the molecule is c1cc2[nH]c(-c3n[nH]c4ccc(-c5cncc(OC6CCNCC6)c5)cc34)nc2c(N2CCCCC2)n1. The van der Waals surface area contributed by atoms with Crippen LogP contribution in [0.5, 0.6) is 5.75 Å². The number of piperidine rings is 2. The zero-order valence-corrected chi connectivity index (χ0v) is 20.7. The van der Waals surface area contributed by atoms with E-state index < -0.39 is 0 Å². The molecule has 0 bridgehead atoms. The Hall–Kier alpha value is -3.98. The van der Waals surface area contributed by atoms with Crippen LogP contribution < -0.4 is 15.0 Å². The number of ether oxygens (including phenoxy) is 1. The predicted octanol–water partition coefficient (Wildman–Crippen LogP) is 4.68. The van der Waals surface area contributed by atoms with Crippen LogP contribution in [0.2, 0.25) is 0 Å². The molecule has 7 rings (SSSR count). The van der Waals surface area contributed by atoms with Gasteiger partial charge in [0, 0.05) is 36.4 Å². The van der Waals surface area contributed by atoms with Gasteiger partial charge in [0.05, 0.1) is 17.2 Å². The summed E-state index contributed by atoms with van der Waals surface area (Å²) in [5.74, 6) is 2.51. The van der Waals surface area contributed by atoms with E-state index in [0.717, 1.165) is 95.2 Å². The highest BCUT2D eigenvalue weighted by molar-refractivity contribution is 5.97. The first-order valence-corrected chi connectivity index (χ1v) is 13.2. The van der Waals surface area contributed by atoms with Crippen LogP contribution >= 0.6 is 0 Å². The van der Waals surface area contributed by atoms with E-state index in [1.54, 1.807) is 6.20 Å². The van der Waals surface area contributed by atoms with Gasteiger partial charge in [0.1, 0.15) is 23.1 Å². The summed E-state index contributed by atoms with van der Waals surface area (Å²) in [5.41, 5.74) is 5.71. The molecule has 0 atom stereocenters. The zero-order valence-electron chi connectivity index (χ0n) is 20.7. The zero-order chi connectivity index (χ0) is 24.6. The Morgan fingerprint density at radius 2 is 1.81 bits per heavy atom. The van der Waals surface area contributed by atoms with Crippen LogP contribution in [0.3, 0.4) is 0 Å². The van der Waals surface area contributed by atoms with Crippen molar-refractivity contribution in [2.24, 2.45) is 0 Å². The summed E-state index contributed by atoms with van der Waals surface area (Å²) in [5, 5.41) is 12.2. The van der Waals surface area contributed by atoms with Crippen molar-refractivity contribution in [1.29, 1.82) is 0 Å². The molecule has 0 spiro atoms. The summed E-state index contributed by atoms with van der Waals surface area (Å²) >= 11 is 0. The highest BCUT2D eigenvalue weighted by atomic mass is 16.5. The topological polar surface area (TPSA) is 108 Å². The molecule has 0 unspecified atom stereocenters. The second-order valence-electron chi connectivity index (χ2n) is 9.97. The number of rotatable bonds is 5. The second-order valence-corrected chi connectivity index (χ2v) is 9.97. The van der Waals surface area contributed by atoms with Crippen molar-refractivity contribution in [3.05, 3.63) is 48.9 Å². The minimum atomic E-state index is 0.235. The molecule has 37 heavy (non-hydrogen) atoms. The maximum atomic E-state index is 6.23. The van der Waals surface area contributed by atoms with Crippen molar-refractivity contribution >= 4 is 27.8 Å². The number of H-pyrrole nitrogens is 2. The van der Waals surface area contributed by atoms with Gasteiger partial charge in [0.15, 0.2) is 11.6 Å². The number of nitrogens with one attached hydrogen (secondary N) is 3. The number of imidazole rings is 1. The quantitative estimate of drug-likeness (QED) is 0.325. The average Bonchev–Trinajstić information content (AvgIpc) is 3.58. The molecule has 0 aliphatic carbocycles. The molecule has 4 aromatic heterocycles. The van der Waals surface area contributed by atoms with Gasteiger partial charge in [-0.15, -0.1) is 0 Å². The summed E-state index contributed by atoms with van der Waals surface area (Å²) in [4.78, 5) is 20.0. The molecule has 5 aromatic rings. The number of hydrogen-bond donors (Lipinski definition) is 3. The van der Waals surface area contributed by atoms with Crippen molar-refractivity contribution < 1.29 is 4.74 Å². The fraction of sp³-hybridized carbons (Fsp3) is 0.357. The van der Waals surface area contributed by atoms with E-state index in [9.17, 15) is 0 Å². The van der Waals surface area contributed by atoms with E-state index in [-0.39, 0.29) is 6.10 Å². The minimum absolute atomic E-state index is 0.235. The molecule has 1 aromatic carbocycles. The Labute approximate surface area is 214 Å². The monoisotopic (exact) mass is 494 g/mol. The third-order valence-electron chi connectivity index (χ3n) is 7.46. The summed E-state index contributed by atoms with van der Waals surface area (Å²) in [6.07, 6.45) is 11.5. The molecule has 6 heterocycles. The molecule has 9 heteroatoms. The smallest absolute Gasteiger partial charge is 0.159 e. The van der Waals surface area contributed by atoms with E-state index >= 15 is 0 Å². The lowest BCUT2D eigenvalue weighted by Gasteiger charge is -2.27. The first kappa shape index (κ1) is 22.2. The highest BCUT2D eigenvalue weighted by Crippen LogP contribution is 2.33. The van der Waals surface area contributed by atoms with Gasteiger partial charge in [-0.25, -0.2) is 9.97 Å². The van der Waals surface area contributed by atoms with Gasteiger partial charge in [-0.05, 0) is 75.0 Å². The van der Waals surface area contributed by atoms with Crippen LogP contribution in [0.4, 0.5) is 5.82 Å². The minimum Gasteiger partial charge on any atom is -0.489 e. The van der Waals surface area contributed by atoms with Gasteiger partial charge in [0.25, 0.3) is 0 Å². The van der Waals surface area contributed by atoms with Crippen molar-refractivity contribution in [3.8, 4) is 28.4 Å². The normalized spacial score (nSPS) is 17.0. The molecule has 0 radical (unpaired) electrons. The first-order valence-electron chi connectivity index (χ1n) is 13.2. The van der Waals surface area contributed by atoms with Gasteiger partial charge >= 0.3 is 0 Å². The number of benzene rings is 1. The number of hydrogen-bond acceptors (Lipinski definition) is 7. The van der Waals surface area contributed by atoms with Crippen LogP contribution in [-0.4, -0.2) is 62.4 Å². The number of anilines is 1. The standard InChI is InChI=1S/C28H30N8O/c1-2-12-36(13-3-1)28-26-24(8-11-31-28)32-27(33-26)25-22-15-18(4-5-23(22)34-35-25)19-14-21(17-30-16-19)37-20-6-9-29-10-7-20/h4-5,8,11,14-17,20,29H,1-3,6-7,9-10,12-13H2,(H,32,33)(H,34,35). The Morgan fingerprint density at radius 3 is 2.70 bits per heavy atom.